The molecule has 6 atom stereocenters. The van der Waals surface area contributed by atoms with E-state index in [0.29, 0.717) is 64.2 Å². The van der Waals surface area contributed by atoms with Crippen molar-refractivity contribution in [3.05, 3.63) is 10.1 Å². The molecule has 0 bridgehead atoms. The van der Waals surface area contributed by atoms with Gasteiger partial charge < -0.3 is 29.5 Å². The van der Waals surface area contributed by atoms with Gasteiger partial charge in [0.1, 0.15) is 12.2 Å². The maximum absolute atomic E-state index is 12.8. The summed E-state index contributed by atoms with van der Waals surface area (Å²) in [5.41, 5.74) is 0. The molecule has 13 nitrogen and oxygen atoms in total. The molecule has 0 heterocycles. The Bertz CT molecular complexity index is 971. The minimum atomic E-state index is -1.13. The van der Waals surface area contributed by atoms with Crippen molar-refractivity contribution in [2.24, 2.45) is 23.7 Å². The van der Waals surface area contributed by atoms with Gasteiger partial charge in [-0.3, -0.25) is 29.3 Å². The molecular formula is C28H41NO12. The predicted octanol–water partition coefficient (Wildman–Crippen LogP) is 2.72. The fourth-order valence-corrected chi connectivity index (χ4v) is 6.95. The minimum Gasteiger partial charge on any atom is -0.481 e. The first-order chi connectivity index (χ1) is 19.5. The molecule has 4 saturated carbocycles. The number of rotatable bonds is 9. The second-order valence-corrected chi connectivity index (χ2v) is 12.1. The number of hydrogen-bond donors (Lipinski definition) is 3. The SMILES string of the molecule is O=C(O)C1CC(O)CCC1C(=O)OC1CCC(OC2CCC(OC(=O)C3CC([N+](=O)[O-])CCC3C(=O)O)CC2)CC1. The standard InChI is InChI=1S/C28H41NO12/c30-16-2-12-22(23(14-16)26(33)34)27(35)40-19-7-3-17(4-8-19)39-18-5-9-20(10-6-18)41-28(36)24-13-15(29(37)38)1-11-21(24)25(31)32/h15-24,30H,1-14H2,(H,31,32)(H,33,34). The summed E-state index contributed by atoms with van der Waals surface area (Å²) in [4.78, 5) is 59.4. The van der Waals surface area contributed by atoms with Crippen molar-refractivity contribution in [1.29, 1.82) is 0 Å². The van der Waals surface area contributed by atoms with Gasteiger partial charge in [0.2, 0.25) is 6.04 Å². The van der Waals surface area contributed by atoms with Crippen molar-refractivity contribution in [2.45, 2.75) is 126 Å². The number of carboxylic acid groups (broad SMARTS) is 2. The molecule has 0 spiro atoms. The average molecular weight is 584 g/mol. The lowest BCUT2D eigenvalue weighted by Crippen LogP contribution is -2.42. The minimum absolute atomic E-state index is 0.00303. The molecule has 0 amide bonds. The highest BCUT2D eigenvalue weighted by molar-refractivity contribution is 5.82. The number of ether oxygens (including phenoxy) is 3. The Morgan fingerprint density at radius 3 is 1.54 bits per heavy atom. The third-order valence-corrected chi connectivity index (χ3v) is 9.38. The van der Waals surface area contributed by atoms with Crippen LogP contribution in [0.5, 0.6) is 0 Å². The van der Waals surface area contributed by atoms with E-state index in [1.807, 2.05) is 0 Å². The van der Waals surface area contributed by atoms with Gasteiger partial charge in [-0.2, -0.15) is 0 Å². The van der Waals surface area contributed by atoms with E-state index < -0.39 is 64.6 Å². The van der Waals surface area contributed by atoms with Crippen LogP contribution in [-0.4, -0.2) is 80.7 Å². The van der Waals surface area contributed by atoms with Gasteiger partial charge in [-0.05, 0) is 77.0 Å². The van der Waals surface area contributed by atoms with Gasteiger partial charge in [0, 0.05) is 17.8 Å². The van der Waals surface area contributed by atoms with Gasteiger partial charge in [-0.15, -0.1) is 0 Å². The van der Waals surface area contributed by atoms with Crippen LogP contribution in [-0.2, 0) is 33.4 Å². The first kappa shape index (κ1) is 31.1. The Balaban J connectivity index is 1.16. The normalized spacial score (nSPS) is 37.9. The molecule has 230 valence electrons. The zero-order valence-corrected chi connectivity index (χ0v) is 23.1. The van der Waals surface area contributed by atoms with E-state index in [0.717, 1.165) is 0 Å². The first-order valence-electron chi connectivity index (χ1n) is 14.8. The van der Waals surface area contributed by atoms with Gasteiger partial charge in [-0.1, -0.05) is 0 Å². The molecule has 4 fully saturated rings. The Morgan fingerprint density at radius 2 is 1.05 bits per heavy atom. The van der Waals surface area contributed by atoms with Crippen LogP contribution in [0.3, 0.4) is 0 Å². The summed E-state index contributed by atoms with van der Waals surface area (Å²) in [6.07, 6.45) is 4.56. The van der Waals surface area contributed by atoms with E-state index in [1.54, 1.807) is 0 Å². The van der Waals surface area contributed by atoms with Gasteiger partial charge in [0.15, 0.2) is 0 Å². The number of aliphatic hydroxyl groups is 1. The summed E-state index contributed by atoms with van der Waals surface area (Å²) in [7, 11) is 0. The van der Waals surface area contributed by atoms with Crippen LogP contribution >= 0.6 is 0 Å². The lowest BCUT2D eigenvalue weighted by Gasteiger charge is -2.36. The van der Waals surface area contributed by atoms with Crippen molar-refractivity contribution in [3.8, 4) is 0 Å². The highest BCUT2D eigenvalue weighted by atomic mass is 16.6. The molecule has 41 heavy (non-hydrogen) atoms. The Kier molecular flexibility index (Phi) is 10.6. The number of nitrogens with zero attached hydrogens (tertiary/aromatic N) is 1. The fourth-order valence-electron chi connectivity index (χ4n) is 6.95. The number of nitro groups is 1. The fraction of sp³-hybridized carbons (Fsp3) is 0.857. The number of carbonyl (C=O) groups is 4. The van der Waals surface area contributed by atoms with Crippen LogP contribution < -0.4 is 0 Å². The maximum Gasteiger partial charge on any atom is 0.310 e. The maximum atomic E-state index is 12.8. The summed E-state index contributed by atoms with van der Waals surface area (Å²) in [6.45, 7) is 0. The summed E-state index contributed by atoms with van der Waals surface area (Å²) < 4.78 is 17.6. The quantitative estimate of drug-likeness (QED) is 0.204. The molecule has 0 aromatic rings. The predicted molar refractivity (Wildman–Crippen MR) is 139 cm³/mol. The number of carboxylic acids is 2. The summed E-state index contributed by atoms with van der Waals surface area (Å²) in [5.74, 6) is -7.05. The largest absolute Gasteiger partial charge is 0.481 e. The van der Waals surface area contributed by atoms with Crippen molar-refractivity contribution < 1.29 is 53.6 Å². The van der Waals surface area contributed by atoms with E-state index in [-0.39, 0.29) is 50.1 Å². The van der Waals surface area contributed by atoms with Crippen molar-refractivity contribution in [2.75, 3.05) is 0 Å². The van der Waals surface area contributed by atoms with Crippen molar-refractivity contribution in [3.63, 3.8) is 0 Å². The van der Waals surface area contributed by atoms with Crippen LogP contribution in [0.4, 0.5) is 0 Å². The van der Waals surface area contributed by atoms with Crippen molar-refractivity contribution in [1.82, 2.24) is 0 Å². The van der Waals surface area contributed by atoms with Crippen LogP contribution in [0, 0.1) is 33.8 Å². The average Bonchev–Trinajstić information content (AvgIpc) is 2.94. The first-order valence-corrected chi connectivity index (χ1v) is 14.8. The molecule has 3 N–H and O–H groups in total. The molecule has 0 aromatic carbocycles. The lowest BCUT2D eigenvalue weighted by atomic mass is 9.77. The van der Waals surface area contributed by atoms with Gasteiger partial charge in [0.05, 0.1) is 42.0 Å². The molecule has 4 aliphatic rings. The number of carbonyl (C=O) groups excluding carboxylic acids is 2. The van der Waals surface area contributed by atoms with Gasteiger partial charge >= 0.3 is 23.9 Å². The van der Waals surface area contributed by atoms with Crippen molar-refractivity contribution >= 4 is 23.9 Å². The summed E-state index contributed by atoms with van der Waals surface area (Å²) >= 11 is 0. The summed E-state index contributed by atoms with van der Waals surface area (Å²) in [6, 6.07) is -0.936. The second-order valence-electron chi connectivity index (χ2n) is 12.1. The molecule has 4 aliphatic carbocycles. The van der Waals surface area contributed by atoms with Gasteiger partial charge in [-0.25, -0.2) is 0 Å². The zero-order chi connectivity index (χ0) is 29.7. The molecule has 0 aliphatic heterocycles. The van der Waals surface area contributed by atoms with Crippen LogP contribution in [0.15, 0.2) is 0 Å². The van der Waals surface area contributed by atoms with E-state index in [9.17, 15) is 44.6 Å². The molecule has 4 rings (SSSR count). The smallest absolute Gasteiger partial charge is 0.310 e. The Labute approximate surface area is 238 Å². The third-order valence-electron chi connectivity index (χ3n) is 9.38. The highest BCUT2D eigenvalue weighted by Crippen LogP contribution is 2.36. The topological polar surface area (TPSA) is 200 Å². The Morgan fingerprint density at radius 1 is 0.585 bits per heavy atom. The molecule has 0 aromatic heterocycles. The van der Waals surface area contributed by atoms with E-state index in [2.05, 4.69) is 0 Å². The molecule has 6 unspecified atom stereocenters. The highest BCUT2D eigenvalue weighted by Gasteiger charge is 2.45. The van der Waals surface area contributed by atoms with E-state index in [1.165, 1.54) is 0 Å². The zero-order valence-electron chi connectivity index (χ0n) is 23.1. The third kappa shape index (κ3) is 8.15. The number of hydrogen-bond acceptors (Lipinski definition) is 10. The molecular weight excluding hydrogens is 542 g/mol. The lowest BCUT2D eigenvalue weighted by molar-refractivity contribution is -0.528. The number of aliphatic carboxylic acids is 2. The molecule has 0 saturated heterocycles. The molecule has 13 heteroatoms. The monoisotopic (exact) mass is 583 g/mol. The van der Waals surface area contributed by atoms with Crippen LogP contribution in [0.25, 0.3) is 0 Å². The van der Waals surface area contributed by atoms with Crippen LogP contribution in [0.2, 0.25) is 0 Å². The Hall–Kier alpha value is -2.80. The van der Waals surface area contributed by atoms with E-state index in [4.69, 9.17) is 14.2 Å². The van der Waals surface area contributed by atoms with E-state index >= 15 is 0 Å². The molecule has 0 radical (unpaired) electrons. The number of esters is 2. The second kappa shape index (κ2) is 13.9. The van der Waals surface area contributed by atoms with Crippen LogP contribution in [0.1, 0.15) is 89.9 Å². The van der Waals surface area contributed by atoms with Gasteiger partial charge in [0.25, 0.3) is 0 Å². The number of aliphatic hydroxyl groups excluding tert-OH is 1. The summed E-state index contributed by atoms with van der Waals surface area (Å²) in [5, 5.41) is 39.9.